The second-order valence-electron chi connectivity index (χ2n) is 6.98. The largest absolute Gasteiger partial charge is 0.394 e. The van der Waals surface area contributed by atoms with Crippen LogP contribution in [0.15, 0.2) is 23.4 Å². The lowest BCUT2D eigenvalue weighted by Gasteiger charge is -2.10. The zero-order valence-corrected chi connectivity index (χ0v) is 14.5. The highest BCUT2D eigenvalue weighted by Crippen LogP contribution is 2.49. The molecule has 2 aliphatic carbocycles. The lowest BCUT2D eigenvalue weighted by molar-refractivity contribution is -0.113. The van der Waals surface area contributed by atoms with Crippen LogP contribution in [0.4, 0.5) is 5.82 Å². The molecule has 4 N–H and O–H groups in total. The summed E-state index contributed by atoms with van der Waals surface area (Å²) in [7, 11) is 0. The Kier molecular flexibility index (Phi) is 3.78. The van der Waals surface area contributed by atoms with Gasteiger partial charge in [0.05, 0.1) is 17.1 Å². The average molecular weight is 338 g/mol. The number of aryl methyl sites for hydroxylation is 2. The number of hydrogen-bond acceptors (Lipinski definition) is 5. The van der Waals surface area contributed by atoms with E-state index in [-0.39, 0.29) is 5.91 Å². The van der Waals surface area contributed by atoms with Crippen molar-refractivity contribution in [3.8, 4) is 11.3 Å². The maximum Gasteiger partial charge on any atom is 0.272 e. The van der Waals surface area contributed by atoms with Gasteiger partial charge in [-0.2, -0.15) is 5.10 Å². The van der Waals surface area contributed by atoms with E-state index in [9.17, 15) is 4.79 Å². The lowest BCUT2D eigenvalue weighted by Crippen LogP contribution is -2.23. The van der Waals surface area contributed by atoms with Crippen LogP contribution in [0.5, 0.6) is 0 Å². The van der Waals surface area contributed by atoms with Crippen LogP contribution in [-0.4, -0.2) is 26.3 Å². The molecule has 0 bridgehead atoms. The topological polar surface area (TPSA) is 110 Å². The molecule has 0 aliphatic heterocycles. The predicted molar refractivity (Wildman–Crippen MR) is 94.4 cm³/mol. The van der Waals surface area contributed by atoms with Gasteiger partial charge in [0.2, 0.25) is 0 Å². The zero-order chi connectivity index (χ0) is 17.6. The molecule has 0 saturated heterocycles. The Morgan fingerprint density at radius 1 is 1.16 bits per heavy atom. The van der Waals surface area contributed by atoms with Gasteiger partial charge in [-0.05, 0) is 69.1 Å². The fourth-order valence-electron chi connectivity index (χ4n) is 3.34. The number of amides is 1. The molecule has 0 radical (unpaired) electrons. The molecule has 25 heavy (non-hydrogen) atoms. The van der Waals surface area contributed by atoms with Crippen molar-refractivity contribution in [3.05, 3.63) is 34.8 Å². The fraction of sp³-hybridized carbons (Fsp3) is 0.444. The third-order valence-corrected chi connectivity index (χ3v) is 4.88. The Bertz CT molecular complexity index is 809. The van der Waals surface area contributed by atoms with Gasteiger partial charge >= 0.3 is 0 Å². The van der Waals surface area contributed by atoms with Crippen LogP contribution >= 0.6 is 0 Å². The lowest BCUT2D eigenvalue weighted by atomic mass is 10.0. The van der Waals surface area contributed by atoms with Crippen molar-refractivity contribution in [2.75, 3.05) is 5.32 Å². The molecule has 0 spiro atoms. The highest BCUT2D eigenvalue weighted by molar-refractivity contribution is 6.03. The van der Waals surface area contributed by atoms with Crippen molar-refractivity contribution in [2.24, 2.45) is 17.6 Å². The zero-order valence-electron chi connectivity index (χ0n) is 14.5. The second kappa shape index (κ2) is 5.98. The first kappa shape index (κ1) is 15.8. The first-order chi connectivity index (χ1) is 12.0. The Labute approximate surface area is 146 Å². The van der Waals surface area contributed by atoms with E-state index in [1.807, 2.05) is 19.9 Å². The van der Waals surface area contributed by atoms with Crippen molar-refractivity contribution in [3.63, 3.8) is 0 Å². The van der Waals surface area contributed by atoms with Crippen LogP contribution < -0.4 is 11.1 Å². The Hall–Kier alpha value is -2.70. The molecule has 2 aliphatic rings. The van der Waals surface area contributed by atoms with Crippen molar-refractivity contribution in [1.29, 1.82) is 0 Å². The summed E-state index contributed by atoms with van der Waals surface area (Å²) in [5, 5.41) is 18.2. The van der Waals surface area contributed by atoms with E-state index in [0.717, 1.165) is 53.9 Å². The molecule has 0 atom stereocenters. The first-order valence-electron chi connectivity index (χ1n) is 8.71. The van der Waals surface area contributed by atoms with Gasteiger partial charge in [-0.1, -0.05) is 0 Å². The number of aromatic amines is 1. The van der Waals surface area contributed by atoms with E-state index in [1.165, 1.54) is 0 Å². The molecular weight excluding hydrogens is 316 g/mol. The average Bonchev–Trinajstić information content (AvgIpc) is 3.51. The quantitative estimate of drug-likeness (QED) is 0.725. The summed E-state index contributed by atoms with van der Waals surface area (Å²) in [6, 6.07) is 3.57. The number of allylic oxidation sites excluding steroid dienone is 1. The third kappa shape index (κ3) is 3.14. The monoisotopic (exact) mass is 338 g/mol. The molecule has 2 aromatic heterocycles. The Morgan fingerprint density at radius 3 is 2.32 bits per heavy atom. The first-order valence-corrected chi connectivity index (χ1v) is 8.71. The van der Waals surface area contributed by atoms with Crippen LogP contribution in [0.2, 0.25) is 0 Å². The normalized spacial score (nSPS) is 16.6. The summed E-state index contributed by atoms with van der Waals surface area (Å²) in [5.74, 6) is 1.16. The molecule has 0 unspecified atom stereocenters. The minimum Gasteiger partial charge on any atom is -0.394 e. The molecule has 0 aromatic carbocycles. The van der Waals surface area contributed by atoms with Gasteiger partial charge in [-0.3, -0.25) is 9.89 Å². The van der Waals surface area contributed by atoms with E-state index in [0.29, 0.717) is 23.4 Å². The van der Waals surface area contributed by atoms with Crippen molar-refractivity contribution >= 4 is 11.7 Å². The van der Waals surface area contributed by atoms with Crippen LogP contribution in [0, 0.1) is 25.7 Å². The Balaban J connectivity index is 1.51. The number of nitrogens with two attached hydrogens (primary N) is 1. The minimum atomic E-state index is -0.272. The maximum atomic E-state index is 12.5. The van der Waals surface area contributed by atoms with Gasteiger partial charge < -0.3 is 11.1 Å². The summed E-state index contributed by atoms with van der Waals surface area (Å²) in [6.07, 6.45) is 4.60. The predicted octanol–water partition coefficient (Wildman–Crippen LogP) is 2.45. The van der Waals surface area contributed by atoms with Gasteiger partial charge in [0.15, 0.2) is 5.82 Å². The molecule has 1 amide bonds. The van der Waals surface area contributed by atoms with Crippen LogP contribution in [0.1, 0.15) is 37.1 Å². The number of nitrogens with zero attached hydrogens (tertiary/aromatic N) is 3. The number of aromatic nitrogens is 4. The van der Waals surface area contributed by atoms with Crippen molar-refractivity contribution in [2.45, 2.75) is 39.5 Å². The molecular formula is C18H22N6O. The summed E-state index contributed by atoms with van der Waals surface area (Å²) in [5.41, 5.74) is 11.1. The van der Waals surface area contributed by atoms with Gasteiger partial charge in [0.25, 0.3) is 5.91 Å². The van der Waals surface area contributed by atoms with Gasteiger partial charge in [-0.25, -0.2) is 0 Å². The van der Waals surface area contributed by atoms with E-state index >= 15 is 0 Å². The number of carbonyl (C=O) groups excluding carboxylic acids is 1. The standard InChI is InChI=1S/C18H22N6O/c1-9-15(10(2)22-21-9)13-7-8-14(24-23-13)20-18(25)17(19)16(11-3-4-11)12-5-6-12/h7-8,11-12H,3-6,19H2,1-2H3,(H,21,22)(H,20,24,25). The molecule has 2 saturated carbocycles. The highest BCUT2D eigenvalue weighted by atomic mass is 16.2. The highest BCUT2D eigenvalue weighted by Gasteiger charge is 2.39. The number of hydrogen-bond donors (Lipinski definition) is 3. The van der Waals surface area contributed by atoms with E-state index < -0.39 is 0 Å². The van der Waals surface area contributed by atoms with Gasteiger partial charge in [-0.15, -0.1) is 10.2 Å². The smallest absolute Gasteiger partial charge is 0.272 e. The van der Waals surface area contributed by atoms with E-state index in [1.54, 1.807) is 6.07 Å². The summed E-state index contributed by atoms with van der Waals surface area (Å²) < 4.78 is 0. The van der Waals surface area contributed by atoms with Crippen LogP contribution in [0.25, 0.3) is 11.3 Å². The minimum absolute atomic E-state index is 0.272. The third-order valence-electron chi connectivity index (χ3n) is 4.88. The summed E-state index contributed by atoms with van der Waals surface area (Å²) >= 11 is 0. The molecule has 2 aromatic rings. The number of rotatable bonds is 5. The summed E-state index contributed by atoms with van der Waals surface area (Å²) in [4.78, 5) is 12.5. The molecule has 7 heteroatoms. The SMILES string of the molecule is Cc1n[nH]c(C)c1-c1ccc(NC(=O)C(N)=C(C2CC2)C2CC2)nn1. The van der Waals surface area contributed by atoms with Gasteiger partial charge in [0, 0.05) is 11.3 Å². The molecule has 2 fully saturated rings. The molecule has 130 valence electrons. The van der Waals surface area contributed by atoms with Crippen molar-refractivity contribution < 1.29 is 4.79 Å². The molecule has 4 rings (SSSR count). The molecule has 7 nitrogen and oxygen atoms in total. The second-order valence-corrected chi connectivity index (χ2v) is 6.98. The van der Waals surface area contributed by atoms with Crippen LogP contribution in [0.3, 0.4) is 0 Å². The maximum absolute atomic E-state index is 12.5. The van der Waals surface area contributed by atoms with Gasteiger partial charge in [0.1, 0.15) is 0 Å². The fourth-order valence-corrected chi connectivity index (χ4v) is 3.34. The number of H-pyrrole nitrogens is 1. The number of anilines is 1. The molecule has 2 heterocycles. The van der Waals surface area contributed by atoms with E-state index in [2.05, 4.69) is 25.7 Å². The Morgan fingerprint density at radius 2 is 1.84 bits per heavy atom. The van der Waals surface area contributed by atoms with E-state index in [4.69, 9.17) is 5.73 Å². The van der Waals surface area contributed by atoms with Crippen molar-refractivity contribution in [1.82, 2.24) is 20.4 Å². The number of nitrogens with one attached hydrogen (secondary N) is 2. The summed E-state index contributed by atoms with van der Waals surface area (Å²) in [6.45, 7) is 3.86. The van der Waals surface area contributed by atoms with Crippen LogP contribution in [-0.2, 0) is 4.79 Å². The number of carbonyl (C=O) groups is 1.